The Balaban J connectivity index is 1.81. The van der Waals surface area contributed by atoms with Gasteiger partial charge in [0.1, 0.15) is 6.54 Å². The van der Waals surface area contributed by atoms with E-state index in [2.05, 4.69) is 5.10 Å². The van der Waals surface area contributed by atoms with Crippen LogP contribution in [0.3, 0.4) is 0 Å². The number of rotatable bonds is 4. The van der Waals surface area contributed by atoms with Gasteiger partial charge < -0.3 is 9.64 Å². The first-order valence-electron chi connectivity index (χ1n) is 8.46. The van der Waals surface area contributed by atoms with Crippen molar-refractivity contribution in [2.45, 2.75) is 39.3 Å². The smallest absolute Gasteiger partial charge is 0.275 e. The summed E-state index contributed by atoms with van der Waals surface area (Å²) in [5, 5.41) is 5.75. The van der Waals surface area contributed by atoms with Crippen LogP contribution in [0.25, 0.3) is 10.8 Å². The van der Waals surface area contributed by atoms with Gasteiger partial charge in [-0.1, -0.05) is 18.2 Å². The zero-order chi connectivity index (χ0) is 17.1. The van der Waals surface area contributed by atoms with Gasteiger partial charge in [-0.05, 0) is 32.8 Å². The van der Waals surface area contributed by atoms with Gasteiger partial charge in [-0.15, -0.1) is 0 Å². The zero-order valence-corrected chi connectivity index (χ0v) is 14.2. The summed E-state index contributed by atoms with van der Waals surface area (Å²) < 4.78 is 6.92. The molecule has 0 unspecified atom stereocenters. The molecule has 3 rings (SSSR count). The minimum Gasteiger partial charge on any atom is -0.377 e. The second-order valence-corrected chi connectivity index (χ2v) is 6.15. The minimum absolute atomic E-state index is 0.0245. The van der Waals surface area contributed by atoms with Crippen molar-refractivity contribution in [3.05, 3.63) is 40.3 Å². The first-order chi connectivity index (χ1) is 11.6. The lowest BCUT2D eigenvalue weighted by molar-refractivity contribution is -0.136. The van der Waals surface area contributed by atoms with Gasteiger partial charge in [0.2, 0.25) is 5.91 Å². The number of benzene rings is 1. The molecular weight excluding hydrogens is 306 g/mol. The van der Waals surface area contributed by atoms with Gasteiger partial charge in [-0.3, -0.25) is 9.59 Å². The van der Waals surface area contributed by atoms with E-state index in [4.69, 9.17) is 4.74 Å². The quantitative estimate of drug-likeness (QED) is 0.857. The van der Waals surface area contributed by atoms with Crippen LogP contribution >= 0.6 is 0 Å². The van der Waals surface area contributed by atoms with Gasteiger partial charge in [0.05, 0.1) is 17.2 Å². The molecule has 1 aliphatic heterocycles. The first kappa shape index (κ1) is 16.6. The van der Waals surface area contributed by atoms with Gasteiger partial charge in [0, 0.05) is 25.1 Å². The molecule has 128 valence electrons. The molecule has 2 heterocycles. The summed E-state index contributed by atoms with van der Waals surface area (Å²) in [6, 6.07) is 7.36. The summed E-state index contributed by atoms with van der Waals surface area (Å²) in [6.07, 6.45) is 2.00. The number of hydrogen-bond acceptors (Lipinski definition) is 4. The van der Waals surface area contributed by atoms with E-state index < -0.39 is 0 Å². The van der Waals surface area contributed by atoms with Crippen LogP contribution in [-0.4, -0.2) is 46.4 Å². The van der Waals surface area contributed by atoms with Crippen LogP contribution < -0.4 is 5.56 Å². The topological polar surface area (TPSA) is 64.4 Å². The fourth-order valence-electron chi connectivity index (χ4n) is 3.28. The Hall–Kier alpha value is -2.21. The molecule has 1 atom stereocenters. The van der Waals surface area contributed by atoms with Crippen LogP contribution in [0.15, 0.2) is 29.1 Å². The number of aryl methyl sites for hydroxylation is 1. The lowest BCUT2D eigenvalue weighted by Crippen LogP contribution is -2.45. The molecule has 0 saturated carbocycles. The van der Waals surface area contributed by atoms with E-state index in [1.54, 1.807) is 11.0 Å². The largest absolute Gasteiger partial charge is 0.377 e. The number of aromatic nitrogens is 2. The summed E-state index contributed by atoms with van der Waals surface area (Å²) in [5.41, 5.74) is 0.534. The van der Waals surface area contributed by atoms with Crippen LogP contribution in [0.1, 0.15) is 25.5 Å². The Morgan fingerprint density at radius 2 is 2.08 bits per heavy atom. The standard InChI is InChI=1S/C18H23N3O3/c1-3-24-14-7-6-10-20(11-14)17(22)12-21-18(23)16-9-5-4-8-15(16)13(2)19-21/h4-5,8-9,14H,3,6-7,10-12H2,1-2H3/t14-/m0/s1. The molecule has 0 bridgehead atoms. The van der Waals surface area contributed by atoms with Crippen LogP contribution in [0, 0.1) is 6.92 Å². The Kier molecular flexibility index (Phi) is 4.94. The number of likely N-dealkylation sites (tertiary alicyclic amines) is 1. The predicted octanol–water partition coefficient (Wildman–Crippen LogP) is 1.73. The number of piperidine rings is 1. The Bertz CT molecular complexity index is 798. The summed E-state index contributed by atoms with van der Waals surface area (Å²) in [7, 11) is 0. The van der Waals surface area contributed by atoms with Crippen molar-refractivity contribution in [3.8, 4) is 0 Å². The minimum atomic E-state index is -0.220. The molecule has 0 radical (unpaired) electrons. The Labute approximate surface area is 141 Å². The van der Waals surface area contributed by atoms with E-state index in [1.807, 2.05) is 32.0 Å². The SMILES string of the molecule is CCO[C@H]1CCCN(C(=O)Cn2nc(C)c3ccccc3c2=O)C1. The van der Waals surface area contributed by atoms with Crippen LogP contribution in [0.4, 0.5) is 0 Å². The molecule has 1 fully saturated rings. The fraction of sp³-hybridized carbons (Fsp3) is 0.500. The highest BCUT2D eigenvalue weighted by molar-refractivity contribution is 5.83. The highest BCUT2D eigenvalue weighted by Crippen LogP contribution is 2.15. The number of hydrogen-bond donors (Lipinski definition) is 0. The third-order valence-electron chi connectivity index (χ3n) is 4.47. The second-order valence-electron chi connectivity index (χ2n) is 6.15. The maximum atomic E-state index is 12.6. The number of fused-ring (bicyclic) bond motifs is 1. The predicted molar refractivity (Wildman–Crippen MR) is 92.0 cm³/mol. The highest BCUT2D eigenvalue weighted by Gasteiger charge is 2.24. The van der Waals surface area contributed by atoms with Gasteiger partial charge in [-0.25, -0.2) is 4.68 Å². The van der Waals surface area contributed by atoms with E-state index >= 15 is 0 Å². The molecule has 1 aromatic heterocycles. The first-order valence-corrected chi connectivity index (χ1v) is 8.46. The summed E-state index contributed by atoms with van der Waals surface area (Å²) in [6.45, 7) is 5.75. The van der Waals surface area contributed by atoms with E-state index in [1.165, 1.54) is 4.68 Å². The number of amides is 1. The third-order valence-corrected chi connectivity index (χ3v) is 4.47. The molecule has 0 N–H and O–H groups in total. The summed E-state index contributed by atoms with van der Waals surface area (Å²) in [5.74, 6) is -0.0799. The fourth-order valence-corrected chi connectivity index (χ4v) is 3.28. The van der Waals surface area contributed by atoms with Crippen molar-refractivity contribution in [1.29, 1.82) is 0 Å². The Morgan fingerprint density at radius 1 is 1.33 bits per heavy atom. The average Bonchev–Trinajstić information content (AvgIpc) is 2.60. The van der Waals surface area contributed by atoms with E-state index in [0.717, 1.165) is 23.9 Å². The lowest BCUT2D eigenvalue weighted by Gasteiger charge is -2.32. The van der Waals surface area contributed by atoms with Crippen molar-refractivity contribution in [3.63, 3.8) is 0 Å². The molecule has 1 amide bonds. The number of carbonyl (C=O) groups is 1. The molecule has 1 aromatic carbocycles. The summed E-state index contributed by atoms with van der Waals surface area (Å²) >= 11 is 0. The van der Waals surface area contributed by atoms with Crippen LogP contribution in [0.5, 0.6) is 0 Å². The summed E-state index contributed by atoms with van der Waals surface area (Å²) in [4.78, 5) is 26.9. The van der Waals surface area contributed by atoms with E-state index in [0.29, 0.717) is 25.1 Å². The van der Waals surface area contributed by atoms with E-state index in [9.17, 15) is 9.59 Å². The van der Waals surface area contributed by atoms with Gasteiger partial charge in [0.15, 0.2) is 0 Å². The maximum absolute atomic E-state index is 12.6. The second kappa shape index (κ2) is 7.13. The molecule has 1 aliphatic rings. The van der Waals surface area contributed by atoms with Gasteiger partial charge in [-0.2, -0.15) is 5.10 Å². The number of carbonyl (C=O) groups excluding carboxylic acids is 1. The van der Waals surface area contributed by atoms with Gasteiger partial charge >= 0.3 is 0 Å². The van der Waals surface area contributed by atoms with E-state index in [-0.39, 0.29) is 24.1 Å². The molecular formula is C18H23N3O3. The van der Waals surface area contributed by atoms with Crippen molar-refractivity contribution >= 4 is 16.7 Å². The third kappa shape index (κ3) is 3.33. The molecule has 0 aliphatic carbocycles. The maximum Gasteiger partial charge on any atom is 0.275 e. The molecule has 2 aromatic rings. The molecule has 6 heteroatoms. The number of ether oxygens (including phenoxy) is 1. The zero-order valence-electron chi connectivity index (χ0n) is 14.2. The lowest BCUT2D eigenvalue weighted by atomic mass is 10.1. The van der Waals surface area contributed by atoms with Crippen LogP contribution in [-0.2, 0) is 16.1 Å². The highest BCUT2D eigenvalue weighted by atomic mass is 16.5. The number of nitrogens with zero attached hydrogens (tertiary/aromatic N) is 3. The Morgan fingerprint density at radius 3 is 2.83 bits per heavy atom. The monoisotopic (exact) mass is 329 g/mol. The van der Waals surface area contributed by atoms with Gasteiger partial charge in [0.25, 0.3) is 5.56 Å². The molecule has 24 heavy (non-hydrogen) atoms. The average molecular weight is 329 g/mol. The van der Waals surface area contributed by atoms with Crippen LogP contribution in [0.2, 0.25) is 0 Å². The van der Waals surface area contributed by atoms with Crippen molar-refractivity contribution in [2.75, 3.05) is 19.7 Å². The normalized spacial score (nSPS) is 18.1. The van der Waals surface area contributed by atoms with Crippen molar-refractivity contribution < 1.29 is 9.53 Å². The molecule has 0 spiro atoms. The van der Waals surface area contributed by atoms with Crippen molar-refractivity contribution in [2.24, 2.45) is 0 Å². The molecule has 1 saturated heterocycles. The van der Waals surface area contributed by atoms with Crippen molar-refractivity contribution in [1.82, 2.24) is 14.7 Å². The molecule has 6 nitrogen and oxygen atoms in total.